The molecule has 5 rings (SSSR count). The van der Waals surface area contributed by atoms with Crippen LogP contribution < -0.4 is 0 Å². The molecule has 0 spiro atoms. The Balaban J connectivity index is 0.000000241. The third-order valence-electron chi connectivity index (χ3n) is 8.75. The highest BCUT2D eigenvalue weighted by Crippen LogP contribution is 2.38. The topological polar surface area (TPSA) is 177 Å². The van der Waals surface area contributed by atoms with E-state index in [1.54, 1.807) is 39.4 Å². The lowest BCUT2D eigenvalue weighted by Crippen LogP contribution is -2.48. The van der Waals surface area contributed by atoms with Crippen molar-refractivity contribution < 1.29 is 41.1 Å². The molecule has 0 saturated carbocycles. The molecular formula is C37H55N7O9S. The SMILES string of the molecule is CC(C)(C)OC(=O)N1CCC(OCCOS(C)(=O)=O)(c2cccnc2)CC1.CC(C)(C)OC(=O)N1CCC(OCCn2cncn2)(c2cccnc2)CC1. The van der Waals surface area contributed by atoms with Gasteiger partial charge in [0.2, 0.25) is 0 Å². The van der Waals surface area contributed by atoms with Gasteiger partial charge in [-0.05, 0) is 79.4 Å². The van der Waals surface area contributed by atoms with Crippen LogP contribution in [0.4, 0.5) is 9.59 Å². The Hall–Kier alpha value is -4.19. The molecule has 0 bridgehead atoms. The van der Waals surface area contributed by atoms with E-state index in [9.17, 15) is 18.0 Å². The largest absolute Gasteiger partial charge is 0.444 e. The van der Waals surface area contributed by atoms with Crippen molar-refractivity contribution in [1.82, 2.24) is 34.5 Å². The molecule has 0 aliphatic carbocycles. The molecule has 3 aromatic heterocycles. The summed E-state index contributed by atoms with van der Waals surface area (Å²) in [7, 11) is -3.51. The van der Waals surface area contributed by atoms with Crippen molar-refractivity contribution in [2.45, 2.75) is 96.2 Å². The summed E-state index contributed by atoms with van der Waals surface area (Å²) in [4.78, 5) is 40.4. The fourth-order valence-corrected chi connectivity index (χ4v) is 6.53. The first kappa shape index (κ1) is 42.6. The van der Waals surface area contributed by atoms with E-state index in [4.69, 9.17) is 23.1 Å². The Bertz CT molecular complexity index is 1700. The first-order chi connectivity index (χ1) is 25.4. The van der Waals surface area contributed by atoms with Crippen molar-refractivity contribution in [1.29, 1.82) is 0 Å². The molecule has 54 heavy (non-hydrogen) atoms. The van der Waals surface area contributed by atoms with E-state index in [0.29, 0.717) is 65.0 Å². The van der Waals surface area contributed by atoms with Gasteiger partial charge in [0.15, 0.2) is 0 Å². The summed E-state index contributed by atoms with van der Waals surface area (Å²) in [6, 6.07) is 7.70. The Morgan fingerprint density at radius 2 is 1.19 bits per heavy atom. The van der Waals surface area contributed by atoms with Crippen LogP contribution in [-0.2, 0) is 51.0 Å². The van der Waals surface area contributed by atoms with Crippen molar-refractivity contribution >= 4 is 22.3 Å². The lowest BCUT2D eigenvalue weighted by atomic mass is 9.85. The summed E-state index contributed by atoms with van der Waals surface area (Å²) < 4.78 is 52.1. The average molecular weight is 774 g/mol. The molecule has 2 aliphatic heterocycles. The van der Waals surface area contributed by atoms with Crippen LogP contribution in [0.5, 0.6) is 0 Å². The van der Waals surface area contributed by atoms with Gasteiger partial charge in [-0.1, -0.05) is 12.1 Å². The molecule has 2 saturated heterocycles. The molecule has 298 valence electrons. The smallest absolute Gasteiger partial charge is 0.410 e. The number of carbonyl (C=O) groups is 2. The molecule has 0 aromatic carbocycles. The first-order valence-corrected chi connectivity index (χ1v) is 19.9. The van der Waals surface area contributed by atoms with E-state index in [-0.39, 0.29) is 25.4 Å². The predicted molar refractivity (Wildman–Crippen MR) is 199 cm³/mol. The Morgan fingerprint density at radius 1 is 0.722 bits per heavy atom. The molecule has 0 atom stereocenters. The summed E-state index contributed by atoms with van der Waals surface area (Å²) in [5, 5.41) is 4.11. The van der Waals surface area contributed by atoms with Gasteiger partial charge in [0, 0.05) is 62.1 Å². The standard InChI is InChI=1S/C19H27N5O3.C18H28N2O6S/c1-18(2,3)27-17(25)23-9-6-19(7-10-23,16-5-4-8-20-13-16)26-12-11-24-15-21-14-22-24;1-17(2,3)26-16(21)20-10-7-18(8-11-20,15-6-5-9-19-14-15)24-12-13-25-27(4,22)23/h4-5,8,13-15H,6-7,9-12H2,1-3H3;5-6,9,14H,7-8,10-13H2,1-4H3. The highest BCUT2D eigenvalue weighted by atomic mass is 32.2. The van der Waals surface area contributed by atoms with E-state index in [1.165, 1.54) is 6.33 Å². The maximum atomic E-state index is 12.4. The Kier molecular flexibility index (Phi) is 14.5. The number of rotatable bonds is 11. The second-order valence-corrected chi connectivity index (χ2v) is 16.9. The molecule has 2 amide bonds. The summed E-state index contributed by atoms with van der Waals surface area (Å²) in [6.45, 7) is 14.4. The Morgan fingerprint density at radius 3 is 1.56 bits per heavy atom. The van der Waals surface area contributed by atoms with Crippen LogP contribution in [-0.4, -0.2) is 119 Å². The van der Waals surface area contributed by atoms with Crippen LogP contribution in [0.2, 0.25) is 0 Å². The van der Waals surface area contributed by atoms with Gasteiger partial charge in [-0.15, -0.1) is 0 Å². The number of likely N-dealkylation sites (tertiary alicyclic amines) is 2. The van der Waals surface area contributed by atoms with Crippen LogP contribution in [0.15, 0.2) is 61.7 Å². The minimum atomic E-state index is -3.51. The van der Waals surface area contributed by atoms with E-state index < -0.39 is 32.5 Å². The molecule has 0 unspecified atom stereocenters. The quantitative estimate of drug-likeness (QED) is 0.190. The van der Waals surface area contributed by atoms with Gasteiger partial charge in [-0.3, -0.25) is 18.8 Å². The molecule has 16 nitrogen and oxygen atoms in total. The second kappa shape index (κ2) is 18.4. The normalized spacial score (nSPS) is 17.2. The van der Waals surface area contributed by atoms with E-state index in [0.717, 1.165) is 17.4 Å². The lowest BCUT2D eigenvalue weighted by molar-refractivity contribution is -0.0963. The summed E-state index contributed by atoms with van der Waals surface area (Å²) in [6.07, 6.45) is 13.1. The maximum Gasteiger partial charge on any atom is 0.410 e. The number of hydrogen-bond donors (Lipinski definition) is 0. The number of ether oxygens (including phenoxy) is 4. The summed E-state index contributed by atoms with van der Waals surface area (Å²) in [5.41, 5.74) is -0.223. The molecule has 2 fully saturated rings. The zero-order valence-electron chi connectivity index (χ0n) is 32.5. The van der Waals surface area contributed by atoms with Gasteiger partial charge in [0.25, 0.3) is 10.1 Å². The van der Waals surface area contributed by atoms with Crippen LogP contribution in [0.25, 0.3) is 0 Å². The van der Waals surface area contributed by atoms with Crippen LogP contribution >= 0.6 is 0 Å². The van der Waals surface area contributed by atoms with Crippen molar-refractivity contribution in [2.75, 3.05) is 52.3 Å². The van der Waals surface area contributed by atoms with E-state index >= 15 is 0 Å². The summed E-state index contributed by atoms with van der Waals surface area (Å²) >= 11 is 0. The highest BCUT2D eigenvalue weighted by molar-refractivity contribution is 7.85. The van der Waals surface area contributed by atoms with Gasteiger partial charge in [0.1, 0.15) is 23.9 Å². The third kappa shape index (κ3) is 13.3. The number of carbonyl (C=O) groups excluding carboxylic acids is 2. The number of piperidine rings is 2. The average Bonchev–Trinajstić information content (AvgIpc) is 3.63. The zero-order chi connectivity index (χ0) is 39.5. The Labute approximate surface area is 318 Å². The fraction of sp³-hybridized carbons (Fsp3) is 0.622. The van der Waals surface area contributed by atoms with E-state index in [1.807, 2.05) is 72.0 Å². The third-order valence-corrected chi connectivity index (χ3v) is 9.34. The summed E-state index contributed by atoms with van der Waals surface area (Å²) in [5.74, 6) is 0. The zero-order valence-corrected chi connectivity index (χ0v) is 33.3. The molecule has 2 aliphatic rings. The second-order valence-electron chi connectivity index (χ2n) is 15.3. The van der Waals surface area contributed by atoms with E-state index in [2.05, 4.69) is 20.1 Å². The monoisotopic (exact) mass is 773 g/mol. The number of aromatic nitrogens is 5. The molecule has 5 heterocycles. The number of nitrogens with zero attached hydrogens (tertiary/aromatic N) is 7. The van der Waals surface area contributed by atoms with Crippen molar-refractivity contribution in [3.8, 4) is 0 Å². The van der Waals surface area contributed by atoms with Gasteiger partial charge in [-0.25, -0.2) is 14.6 Å². The maximum absolute atomic E-state index is 12.4. The first-order valence-electron chi connectivity index (χ1n) is 18.1. The van der Waals surface area contributed by atoms with Crippen LogP contribution in [0.1, 0.15) is 78.4 Å². The van der Waals surface area contributed by atoms with Gasteiger partial charge in [-0.2, -0.15) is 13.5 Å². The molecule has 0 N–H and O–H groups in total. The molecule has 3 aromatic rings. The highest BCUT2D eigenvalue weighted by Gasteiger charge is 2.41. The van der Waals surface area contributed by atoms with Gasteiger partial charge >= 0.3 is 12.2 Å². The minimum Gasteiger partial charge on any atom is -0.444 e. The predicted octanol–water partition coefficient (Wildman–Crippen LogP) is 4.92. The number of amides is 2. The number of pyridine rings is 2. The van der Waals surface area contributed by atoms with Gasteiger partial charge in [0.05, 0.1) is 43.8 Å². The molecule has 17 heteroatoms. The molecule has 0 radical (unpaired) electrons. The molecular weight excluding hydrogens is 719 g/mol. The van der Waals surface area contributed by atoms with Crippen molar-refractivity contribution in [2.24, 2.45) is 0 Å². The lowest BCUT2D eigenvalue weighted by Gasteiger charge is -2.42. The van der Waals surface area contributed by atoms with Crippen LogP contribution in [0, 0.1) is 0 Å². The minimum absolute atomic E-state index is 0.0589. The van der Waals surface area contributed by atoms with Crippen molar-refractivity contribution in [3.63, 3.8) is 0 Å². The van der Waals surface area contributed by atoms with Gasteiger partial charge < -0.3 is 28.7 Å². The van der Waals surface area contributed by atoms with Crippen molar-refractivity contribution in [3.05, 3.63) is 72.8 Å². The fourth-order valence-electron chi connectivity index (χ4n) is 6.16. The van der Waals surface area contributed by atoms with Crippen LogP contribution in [0.3, 0.4) is 0 Å². The number of hydrogen-bond acceptors (Lipinski definition) is 13.